The molecular weight excluding hydrogens is 412 g/mol. The van der Waals surface area contributed by atoms with E-state index in [0.717, 1.165) is 32.5 Å². The molecule has 0 aliphatic heterocycles. The zero-order valence-corrected chi connectivity index (χ0v) is 18.7. The fraction of sp³-hybridized carbons (Fsp3) is 0.111. The zero-order chi connectivity index (χ0) is 21.9. The molecule has 0 amide bonds. The smallest absolute Gasteiger partial charge is 0.236 e. The Bertz CT molecular complexity index is 1420. The molecule has 0 fully saturated rings. The monoisotopic (exact) mass is 434 g/mol. The van der Waals surface area contributed by atoms with E-state index in [1.165, 1.54) is 5.56 Å². The van der Waals surface area contributed by atoms with E-state index in [-0.39, 0.29) is 6.04 Å². The standard InChI is InChI=1S/C27H22N4S/c1-19-17-18-31-26(29-20(2)22-11-7-4-8-12-22)25(30-27(31)28-19)24-16-15-23(32-24)14-13-21-9-5-3-6-10-21/h3-12,15-18,20,29H,1-2H3. The van der Waals surface area contributed by atoms with Crippen LogP contribution in [0.4, 0.5) is 5.82 Å². The fourth-order valence-corrected chi connectivity index (χ4v) is 4.40. The lowest BCUT2D eigenvalue weighted by atomic mass is 10.1. The van der Waals surface area contributed by atoms with Gasteiger partial charge in [-0.1, -0.05) is 60.4 Å². The van der Waals surface area contributed by atoms with Gasteiger partial charge in [0.25, 0.3) is 0 Å². The molecule has 0 radical (unpaired) electrons. The Balaban J connectivity index is 1.53. The van der Waals surface area contributed by atoms with Crippen molar-refractivity contribution in [3.63, 3.8) is 0 Å². The van der Waals surface area contributed by atoms with E-state index >= 15 is 0 Å². The molecule has 0 aliphatic rings. The molecule has 0 aliphatic carbocycles. The van der Waals surface area contributed by atoms with Crippen molar-refractivity contribution in [3.05, 3.63) is 107 Å². The van der Waals surface area contributed by atoms with E-state index in [1.54, 1.807) is 11.3 Å². The van der Waals surface area contributed by atoms with Crippen molar-refractivity contribution in [2.75, 3.05) is 5.32 Å². The van der Waals surface area contributed by atoms with Crippen LogP contribution in [-0.2, 0) is 0 Å². The Hall–Kier alpha value is -3.88. The maximum atomic E-state index is 4.87. The summed E-state index contributed by atoms with van der Waals surface area (Å²) in [5.74, 6) is 8.14. The van der Waals surface area contributed by atoms with Crippen molar-refractivity contribution in [3.8, 4) is 22.4 Å². The number of benzene rings is 2. The van der Waals surface area contributed by atoms with Gasteiger partial charge in [0, 0.05) is 23.5 Å². The van der Waals surface area contributed by atoms with Gasteiger partial charge < -0.3 is 5.32 Å². The maximum absolute atomic E-state index is 4.87. The third kappa shape index (κ3) is 4.14. The van der Waals surface area contributed by atoms with Crippen LogP contribution in [0.15, 0.2) is 85.1 Å². The maximum Gasteiger partial charge on any atom is 0.236 e. The van der Waals surface area contributed by atoms with Gasteiger partial charge in [0.05, 0.1) is 9.75 Å². The van der Waals surface area contributed by atoms with Crippen LogP contribution in [-0.4, -0.2) is 14.4 Å². The minimum atomic E-state index is 0.119. The SMILES string of the molecule is Cc1ccn2c(NC(C)c3ccccc3)c(-c3ccc(C#Cc4ccccc4)s3)nc2n1. The van der Waals surface area contributed by atoms with Crippen LogP contribution in [0, 0.1) is 18.8 Å². The van der Waals surface area contributed by atoms with Gasteiger partial charge in [-0.25, -0.2) is 9.97 Å². The number of fused-ring (bicyclic) bond motifs is 1. The van der Waals surface area contributed by atoms with Crippen molar-refractivity contribution in [1.82, 2.24) is 14.4 Å². The molecular formula is C27H22N4S. The first-order valence-corrected chi connectivity index (χ1v) is 11.3. The number of imidazole rings is 1. The Morgan fingerprint density at radius 2 is 1.62 bits per heavy atom. The molecule has 1 N–H and O–H groups in total. The van der Waals surface area contributed by atoms with Crippen molar-refractivity contribution in [1.29, 1.82) is 0 Å². The normalized spacial score (nSPS) is 11.7. The van der Waals surface area contributed by atoms with Crippen molar-refractivity contribution in [2.24, 2.45) is 0 Å². The first kappa shape index (κ1) is 20.0. The predicted molar refractivity (Wildman–Crippen MR) is 132 cm³/mol. The minimum absolute atomic E-state index is 0.119. The molecule has 5 heteroatoms. The van der Waals surface area contributed by atoms with E-state index in [2.05, 4.69) is 65.5 Å². The number of hydrogen-bond donors (Lipinski definition) is 1. The second kappa shape index (κ2) is 8.70. The van der Waals surface area contributed by atoms with E-state index in [9.17, 15) is 0 Å². The Morgan fingerprint density at radius 1 is 0.875 bits per heavy atom. The quantitative estimate of drug-likeness (QED) is 0.336. The predicted octanol–water partition coefficient (Wildman–Crippen LogP) is 6.34. The Kier molecular flexibility index (Phi) is 5.45. The molecule has 5 aromatic rings. The highest BCUT2D eigenvalue weighted by Gasteiger charge is 2.19. The van der Waals surface area contributed by atoms with Gasteiger partial charge in [0.1, 0.15) is 11.5 Å². The lowest BCUT2D eigenvalue weighted by molar-refractivity contribution is 0.869. The molecule has 1 atom stereocenters. The highest BCUT2D eigenvalue weighted by atomic mass is 32.1. The number of hydrogen-bond acceptors (Lipinski definition) is 4. The third-order valence-corrected chi connectivity index (χ3v) is 6.24. The summed E-state index contributed by atoms with van der Waals surface area (Å²) in [6, 6.07) is 26.7. The molecule has 5 rings (SSSR count). The average molecular weight is 435 g/mol. The van der Waals surface area contributed by atoms with E-state index in [0.29, 0.717) is 5.78 Å². The molecule has 0 bridgehead atoms. The summed E-state index contributed by atoms with van der Waals surface area (Å²) in [6.45, 7) is 4.14. The second-order valence-corrected chi connectivity index (χ2v) is 8.69. The van der Waals surface area contributed by atoms with Gasteiger partial charge >= 0.3 is 0 Å². The van der Waals surface area contributed by atoms with Gasteiger partial charge in [-0.2, -0.15) is 0 Å². The van der Waals surface area contributed by atoms with Gasteiger partial charge in [-0.15, -0.1) is 11.3 Å². The summed E-state index contributed by atoms with van der Waals surface area (Å²) < 4.78 is 2.02. The van der Waals surface area contributed by atoms with Crippen LogP contribution in [0.25, 0.3) is 16.3 Å². The third-order valence-electron chi connectivity index (χ3n) is 5.23. The van der Waals surface area contributed by atoms with Crippen LogP contribution < -0.4 is 5.32 Å². The van der Waals surface area contributed by atoms with Crippen LogP contribution in [0.1, 0.15) is 34.7 Å². The van der Waals surface area contributed by atoms with Crippen LogP contribution in [0.3, 0.4) is 0 Å². The Morgan fingerprint density at radius 3 is 2.41 bits per heavy atom. The summed E-state index contributed by atoms with van der Waals surface area (Å²) in [5.41, 5.74) is 4.06. The van der Waals surface area contributed by atoms with E-state index in [4.69, 9.17) is 4.98 Å². The minimum Gasteiger partial charge on any atom is -0.363 e. The topological polar surface area (TPSA) is 42.2 Å². The molecule has 0 spiro atoms. The summed E-state index contributed by atoms with van der Waals surface area (Å²) >= 11 is 1.64. The molecule has 4 nitrogen and oxygen atoms in total. The van der Waals surface area contributed by atoms with Gasteiger partial charge in [0.15, 0.2) is 0 Å². The summed E-state index contributed by atoms with van der Waals surface area (Å²) in [4.78, 5) is 11.6. The first-order valence-electron chi connectivity index (χ1n) is 10.5. The zero-order valence-electron chi connectivity index (χ0n) is 17.9. The molecule has 2 aromatic carbocycles. The number of thiophene rings is 1. The van der Waals surface area contributed by atoms with Gasteiger partial charge in [-0.3, -0.25) is 4.40 Å². The number of nitrogens with one attached hydrogen (secondary N) is 1. The van der Waals surface area contributed by atoms with Crippen molar-refractivity contribution < 1.29 is 0 Å². The van der Waals surface area contributed by atoms with Crippen molar-refractivity contribution in [2.45, 2.75) is 19.9 Å². The number of nitrogens with zero attached hydrogens (tertiary/aromatic N) is 3. The van der Waals surface area contributed by atoms with Crippen LogP contribution in [0.2, 0.25) is 0 Å². The van der Waals surface area contributed by atoms with Crippen molar-refractivity contribution >= 4 is 22.9 Å². The average Bonchev–Trinajstić information content (AvgIpc) is 3.43. The lowest BCUT2D eigenvalue weighted by Crippen LogP contribution is -2.09. The first-order chi connectivity index (χ1) is 15.7. The lowest BCUT2D eigenvalue weighted by Gasteiger charge is -2.16. The molecule has 1 unspecified atom stereocenters. The number of anilines is 1. The van der Waals surface area contributed by atoms with Gasteiger partial charge in [0.2, 0.25) is 5.78 Å². The molecule has 32 heavy (non-hydrogen) atoms. The second-order valence-electron chi connectivity index (χ2n) is 7.60. The summed E-state index contributed by atoms with van der Waals surface area (Å²) in [7, 11) is 0. The number of rotatable bonds is 4. The largest absolute Gasteiger partial charge is 0.363 e. The molecule has 0 saturated heterocycles. The molecule has 3 aromatic heterocycles. The summed E-state index contributed by atoms with van der Waals surface area (Å²) in [6.07, 6.45) is 2.03. The molecule has 0 saturated carbocycles. The van der Waals surface area contributed by atoms with E-state index in [1.807, 2.05) is 60.0 Å². The summed E-state index contributed by atoms with van der Waals surface area (Å²) in [5, 5.41) is 3.67. The molecule has 156 valence electrons. The number of aromatic nitrogens is 3. The fourth-order valence-electron chi connectivity index (χ4n) is 3.55. The van der Waals surface area contributed by atoms with Crippen LogP contribution in [0.5, 0.6) is 0 Å². The van der Waals surface area contributed by atoms with Crippen LogP contribution >= 0.6 is 11.3 Å². The Labute approximate surface area is 191 Å². The highest BCUT2D eigenvalue weighted by molar-refractivity contribution is 7.16. The highest BCUT2D eigenvalue weighted by Crippen LogP contribution is 2.35. The van der Waals surface area contributed by atoms with E-state index < -0.39 is 0 Å². The van der Waals surface area contributed by atoms with Gasteiger partial charge in [-0.05, 0) is 49.7 Å². The molecule has 3 heterocycles. The number of aryl methyl sites for hydroxylation is 1.